The van der Waals surface area contributed by atoms with Gasteiger partial charge < -0.3 is 5.32 Å². The molecule has 0 spiro atoms. The van der Waals surface area contributed by atoms with Crippen molar-refractivity contribution in [3.63, 3.8) is 0 Å². The Balaban J connectivity index is 1.69. The second kappa shape index (κ2) is 6.86. The Labute approximate surface area is 156 Å². The van der Waals surface area contributed by atoms with Crippen LogP contribution in [-0.4, -0.2) is 27.7 Å². The van der Waals surface area contributed by atoms with Crippen LogP contribution in [-0.2, 0) is 0 Å². The van der Waals surface area contributed by atoms with Crippen LogP contribution < -0.4 is 5.32 Å². The lowest BCUT2D eigenvalue weighted by molar-refractivity contribution is 0.776. The van der Waals surface area contributed by atoms with E-state index in [2.05, 4.69) is 15.3 Å². The molecule has 2 aliphatic heterocycles. The quantitative estimate of drug-likeness (QED) is 0.791. The summed E-state index contributed by atoms with van der Waals surface area (Å²) < 4.78 is 0. The molecule has 0 radical (unpaired) electrons. The van der Waals surface area contributed by atoms with E-state index in [0.29, 0.717) is 23.1 Å². The summed E-state index contributed by atoms with van der Waals surface area (Å²) in [6.07, 6.45) is 1.20. The molecule has 4 nitrogen and oxygen atoms in total. The summed E-state index contributed by atoms with van der Waals surface area (Å²) in [6.45, 7) is 0. The number of thiocarbonyl (C=S) groups is 1. The topological polar surface area (TPSA) is 49.1 Å². The SMILES string of the molecule is S=C1N=C(c2ccccc2)CC(C2=Nc3ccccc3N=C(Cl)C2)N1. The van der Waals surface area contributed by atoms with Gasteiger partial charge >= 0.3 is 0 Å². The molecule has 0 saturated heterocycles. The molecule has 0 fully saturated rings. The first-order valence-corrected chi connectivity index (χ1v) is 8.81. The van der Waals surface area contributed by atoms with Crippen molar-refractivity contribution in [2.75, 3.05) is 0 Å². The van der Waals surface area contributed by atoms with E-state index in [1.54, 1.807) is 0 Å². The molecule has 0 saturated carbocycles. The summed E-state index contributed by atoms with van der Waals surface area (Å²) in [4.78, 5) is 13.8. The number of fused-ring (bicyclic) bond motifs is 1. The van der Waals surface area contributed by atoms with E-state index in [4.69, 9.17) is 28.8 Å². The minimum absolute atomic E-state index is 0.0460. The summed E-state index contributed by atoms with van der Waals surface area (Å²) in [5.41, 5.74) is 4.57. The highest BCUT2D eigenvalue weighted by molar-refractivity contribution is 7.80. The number of aliphatic imine (C=N–C) groups is 3. The van der Waals surface area contributed by atoms with E-state index in [1.807, 2.05) is 54.6 Å². The highest BCUT2D eigenvalue weighted by atomic mass is 35.5. The largest absolute Gasteiger partial charge is 0.352 e. The molecule has 2 aliphatic rings. The van der Waals surface area contributed by atoms with Crippen LogP contribution in [0.15, 0.2) is 69.6 Å². The fourth-order valence-corrected chi connectivity index (χ4v) is 3.46. The number of para-hydroxylation sites is 2. The Bertz CT molecular complexity index is 918. The van der Waals surface area contributed by atoms with Crippen LogP contribution in [0, 0.1) is 0 Å². The summed E-state index contributed by atoms with van der Waals surface area (Å²) in [7, 11) is 0. The van der Waals surface area contributed by atoms with Gasteiger partial charge in [-0.15, -0.1) is 0 Å². The Hall–Kier alpha value is -2.37. The van der Waals surface area contributed by atoms with Gasteiger partial charge in [0.15, 0.2) is 5.11 Å². The zero-order chi connectivity index (χ0) is 17.2. The summed E-state index contributed by atoms with van der Waals surface area (Å²) >= 11 is 11.7. The van der Waals surface area contributed by atoms with E-state index < -0.39 is 0 Å². The second-order valence-corrected chi connectivity index (χ2v) is 6.71. The molecule has 25 heavy (non-hydrogen) atoms. The van der Waals surface area contributed by atoms with Gasteiger partial charge in [-0.1, -0.05) is 54.1 Å². The zero-order valence-electron chi connectivity index (χ0n) is 13.3. The minimum Gasteiger partial charge on any atom is -0.352 e. The van der Waals surface area contributed by atoms with Crippen molar-refractivity contribution in [1.82, 2.24) is 5.32 Å². The average molecular weight is 367 g/mol. The number of halogens is 1. The van der Waals surface area contributed by atoms with E-state index >= 15 is 0 Å². The lowest BCUT2D eigenvalue weighted by Gasteiger charge is -2.25. The Morgan fingerprint density at radius 3 is 2.36 bits per heavy atom. The highest BCUT2D eigenvalue weighted by Gasteiger charge is 2.26. The minimum atomic E-state index is -0.0460. The van der Waals surface area contributed by atoms with Gasteiger partial charge in [0.1, 0.15) is 5.17 Å². The maximum absolute atomic E-state index is 6.33. The molecular formula is C19H15ClN4S. The van der Waals surface area contributed by atoms with Crippen LogP contribution in [0.1, 0.15) is 18.4 Å². The van der Waals surface area contributed by atoms with Gasteiger partial charge in [0.2, 0.25) is 0 Å². The third kappa shape index (κ3) is 3.52. The van der Waals surface area contributed by atoms with Crippen LogP contribution in [0.3, 0.4) is 0 Å². The first-order chi connectivity index (χ1) is 12.2. The Morgan fingerprint density at radius 2 is 1.60 bits per heavy atom. The summed E-state index contributed by atoms with van der Waals surface area (Å²) in [6, 6.07) is 17.8. The smallest absolute Gasteiger partial charge is 0.193 e. The van der Waals surface area contributed by atoms with Gasteiger partial charge in [0.25, 0.3) is 0 Å². The number of nitrogens with zero attached hydrogens (tertiary/aromatic N) is 3. The van der Waals surface area contributed by atoms with E-state index in [-0.39, 0.29) is 6.04 Å². The number of hydrogen-bond donors (Lipinski definition) is 1. The molecule has 0 bridgehead atoms. The monoisotopic (exact) mass is 366 g/mol. The molecule has 1 atom stereocenters. The third-order valence-electron chi connectivity index (χ3n) is 4.16. The molecule has 124 valence electrons. The van der Waals surface area contributed by atoms with E-state index in [1.165, 1.54) is 0 Å². The lowest BCUT2D eigenvalue weighted by Crippen LogP contribution is -2.45. The molecular weight excluding hydrogens is 352 g/mol. The fraction of sp³-hybridized carbons (Fsp3) is 0.158. The number of nitrogens with one attached hydrogen (secondary N) is 1. The van der Waals surface area contributed by atoms with Crippen LogP contribution in [0.5, 0.6) is 0 Å². The molecule has 0 amide bonds. The van der Waals surface area contributed by atoms with Crippen molar-refractivity contribution >= 4 is 56.9 Å². The van der Waals surface area contributed by atoms with Crippen molar-refractivity contribution in [3.8, 4) is 0 Å². The molecule has 1 N–H and O–H groups in total. The van der Waals surface area contributed by atoms with E-state index in [0.717, 1.165) is 28.4 Å². The molecule has 1 unspecified atom stereocenters. The summed E-state index contributed by atoms with van der Waals surface area (Å²) in [5.74, 6) is 0. The van der Waals surface area contributed by atoms with Gasteiger partial charge in [-0.05, 0) is 29.9 Å². The van der Waals surface area contributed by atoms with Crippen molar-refractivity contribution < 1.29 is 0 Å². The Kier molecular flexibility index (Phi) is 4.42. The van der Waals surface area contributed by atoms with Crippen molar-refractivity contribution in [1.29, 1.82) is 0 Å². The maximum Gasteiger partial charge on any atom is 0.193 e. The zero-order valence-corrected chi connectivity index (χ0v) is 14.9. The van der Waals surface area contributed by atoms with Crippen molar-refractivity contribution in [2.24, 2.45) is 15.0 Å². The number of hydrogen-bond acceptors (Lipinski definition) is 3. The molecule has 4 rings (SSSR count). The molecule has 2 aromatic carbocycles. The molecule has 0 aromatic heterocycles. The van der Waals surface area contributed by atoms with Crippen LogP contribution >= 0.6 is 23.8 Å². The third-order valence-corrected chi connectivity index (χ3v) is 4.58. The van der Waals surface area contributed by atoms with Crippen LogP contribution in [0.2, 0.25) is 0 Å². The van der Waals surface area contributed by atoms with Crippen LogP contribution in [0.25, 0.3) is 0 Å². The first-order valence-electron chi connectivity index (χ1n) is 8.02. The van der Waals surface area contributed by atoms with Gasteiger partial charge in [0, 0.05) is 18.6 Å². The molecule has 6 heteroatoms. The van der Waals surface area contributed by atoms with Gasteiger partial charge in [0.05, 0.1) is 23.1 Å². The predicted molar refractivity (Wildman–Crippen MR) is 108 cm³/mol. The first kappa shape index (κ1) is 16.1. The van der Waals surface area contributed by atoms with Gasteiger partial charge in [-0.25, -0.2) is 9.98 Å². The van der Waals surface area contributed by atoms with Gasteiger partial charge in [-0.2, -0.15) is 0 Å². The van der Waals surface area contributed by atoms with Crippen molar-refractivity contribution in [3.05, 3.63) is 60.2 Å². The van der Waals surface area contributed by atoms with Crippen LogP contribution in [0.4, 0.5) is 11.4 Å². The second-order valence-electron chi connectivity index (χ2n) is 5.89. The standard InChI is InChI=1S/C19H15ClN4S/c20-18-11-17(21-13-8-4-5-9-14(13)22-18)16-10-15(23-19(25)24-16)12-6-2-1-3-7-12/h1-9,16H,10-11H2,(H,24,25). The number of rotatable bonds is 2. The van der Waals surface area contributed by atoms with E-state index in [9.17, 15) is 0 Å². The highest BCUT2D eigenvalue weighted by Crippen LogP contribution is 2.32. The van der Waals surface area contributed by atoms with Gasteiger partial charge in [-0.3, -0.25) is 4.99 Å². The molecule has 0 aliphatic carbocycles. The number of benzene rings is 2. The molecule has 2 heterocycles. The summed E-state index contributed by atoms with van der Waals surface area (Å²) in [5, 5.41) is 4.27. The average Bonchev–Trinajstić information content (AvgIpc) is 2.80. The predicted octanol–water partition coefficient (Wildman–Crippen LogP) is 4.57. The molecule has 2 aromatic rings. The maximum atomic E-state index is 6.33. The fourth-order valence-electron chi connectivity index (χ4n) is 2.98. The Morgan fingerprint density at radius 1 is 0.920 bits per heavy atom. The normalized spacial score (nSPS) is 19.8. The van der Waals surface area contributed by atoms with Crippen molar-refractivity contribution in [2.45, 2.75) is 18.9 Å². The lowest BCUT2D eigenvalue weighted by atomic mass is 9.97.